The Morgan fingerprint density at radius 1 is 1.22 bits per heavy atom. The SMILES string of the molecule is CCCC1NCC(=O)N1C1CCN2CCCCC12. The van der Waals surface area contributed by atoms with Gasteiger partial charge < -0.3 is 4.90 Å². The summed E-state index contributed by atoms with van der Waals surface area (Å²) in [4.78, 5) is 17.0. The van der Waals surface area contributed by atoms with Crippen LogP contribution >= 0.6 is 0 Å². The molecule has 0 aromatic heterocycles. The molecule has 0 spiro atoms. The van der Waals surface area contributed by atoms with Gasteiger partial charge in [0.1, 0.15) is 0 Å². The lowest BCUT2D eigenvalue weighted by molar-refractivity contribution is -0.131. The quantitative estimate of drug-likeness (QED) is 0.818. The van der Waals surface area contributed by atoms with E-state index >= 15 is 0 Å². The third-order valence-corrected chi connectivity index (χ3v) is 4.85. The summed E-state index contributed by atoms with van der Waals surface area (Å²) < 4.78 is 0. The van der Waals surface area contributed by atoms with Gasteiger partial charge >= 0.3 is 0 Å². The minimum absolute atomic E-state index is 0.300. The Labute approximate surface area is 110 Å². The molecule has 1 amide bonds. The average molecular weight is 251 g/mol. The van der Waals surface area contributed by atoms with E-state index < -0.39 is 0 Å². The number of nitrogens with zero attached hydrogens (tertiary/aromatic N) is 2. The van der Waals surface area contributed by atoms with Crippen LogP contribution in [0.4, 0.5) is 0 Å². The number of hydrogen-bond acceptors (Lipinski definition) is 3. The van der Waals surface area contributed by atoms with E-state index in [1.807, 2.05) is 0 Å². The molecule has 0 bridgehead atoms. The number of carbonyl (C=O) groups is 1. The van der Waals surface area contributed by atoms with Crippen molar-refractivity contribution in [2.75, 3.05) is 19.6 Å². The van der Waals surface area contributed by atoms with Crippen LogP contribution in [0, 0.1) is 0 Å². The number of fused-ring (bicyclic) bond motifs is 1. The Bertz CT molecular complexity index is 320. The summed E-state index contributed by atoms with van der Waals surface area (Å²) in [6, 6.07) is 1.12. The van der Waals surface area contributed by atoms with Gasteiger partial charge in [-0.25, -0.2) is 0 Å². The van der Waals surface area contributed by atoms with E-state index in [-0.39, 0.29) is 0 Å². The third kappa shape index (κ3) is 2.05. The molecule has 4 nitrogen and oxygen atoms in total. The molecule has 4 heteroatoms. The minimum Gasteiger partial charge on any atom is -0.321 e. The molecule has 3 fully saturated rings. The van der Waals surface area contributed by atoms with Crippen molar-refractivity contribution in [2.45, 2.75) is 63.7 Å². The molecular weight excluding hydrogens is 226 g/mol. The Kier molecular flexibility index (Phi) is 3.57. The van der Waals surface area contributed by atoms with Gasteiger partial charge in [-0.1, -0.05) is 19.8 Å². The summed E-state index contributed by atoms with van der Waals surface area (Å²) in [6.45, 7) is 5.19. The van der Waals surface area contributed by atoms with E-state index in [1.54, 1.807) is 0 Å². The molecule has 3 heterocycles. The van der Waals surface area contributed by atoms with Gasteiger partial charge in [0, 0.05) is 12.6 Å². The Hall–Kier alpha value is -0.610. The molecule has 0 radical (unpaired) electrons. The van der Waals surface area contributed by atoms with E-state index in [4.69, 9.17) is 0 Å². The van der Waals surface area contributed by atoms with Crippen LogP contribution in [0.15, 0.2) is 0 Å². The highest BCUT2D eigenvalue weighted by atomic mass is 16.2. The lowest BCUT2D eigenvalue weighted by Gasteiger charge is -2.38. The van der Waals surface area contributed by atoms with Crippen LogP contribution < -0.4 is 5.32 Å². The van der Waals surface area contributed by atoms with Gasteiger partial charge in [0.25, 0.3) is 0 Å². The van der Waals surface area contributed by atoms with Crippen molar-refractivity contribution in [3.05, 3.63) is 0 Å². The maximum absolute atomic E-state index is 12.2. The monoisotopic (exact) mass is 251 g/mol. The molecule has 0 saturated carbocycles. The van der Waals surface area contributed by atoms with E-state index in [1.165, 1.54) is 38.8 Å². The normalized spacial score (nSPS) is 37.3. The molecule has 3 aliphatic heterocycles. The number of rotatable bonds is 3. The van der Waals surface area contributed by atoms with Crippen LogP contribution in [0.25, 0.3) is 0 Å². The molecule has 3 rings (SSSR count). The Morgan fingerprint density at radius 3 is 2.94 bits per heavy atom. The summed E-state index contributed by atoms with van der Waals surface area (Å²) in [5.41, 5.74) is 0. The molecule has 3 atom stereocenters. The van der Waals surface area contributed by atoms with Crippen molar-refractivity contribution in [1.82, 2.24) is 15.1 Å². The van der Waals surface area contributed by atoms with Gasteiger partial charge in [-0.15, -0.1) is 0 Å². The van der Waals surface area contributed by atoms with E-state index in [0.717, 1.165) is 12.8 Å². The molecule has 3 saturated heterocycles. The van der Waals surface area contributed by atoms with Crippen LogP contribution in [-0.4, -0.2) is 53.6 Å². The zero-order chi connectivity index (χ0) is 12.5. The van der Waals surface area contributed by atoms with Crippen LogP contribution in [0.5, 0.6) is 0 Å². The van der Waals surface area contributed by atoms with Crippen LogP contribution in [-0.2, 0) is 4.79 Å². The van der Waals surface area contributed by atoms with Gasteiger partial charge in [0.15, 0.2) is 0 Å². The Morgan fingerprint density at radius 2 is 2.11 bits per heavy atom. The van der Waals surface area contributed by atoms with E-state index in [2.05, 4.69) is 22.0 Å². The first-order chi connectivity index (χ1) is 8.81. The van der Waals surface area contributed by atoms with E-state index in [0.29, 0.717) is 30.7 Å². The molecular formula is C14H25N3O. The van der Waals surface area contributed by atoms with Crippen molar-refractivity contribution < 1.29 is 4.79 Å². The topological polar surface area (TPSA) is 35.6 Å². The van der Waals surface area contributed by atoms with Crippen molar-refractivity contribution >= 4 is 5.91 Å². The first-order valence-corrected chi connectivity index (χ1v) is 7.60. The zero-order valence-corrected chi connectivity index (χ0v) is 11.4. The van der Waals surface area contributed by atoms with Gasteiger partial charge in [-0.05, 0) is 32.2 Å². The largest absolute Gasteiger partial charge is 0.321 e. The van der Waals surface area contributed by atoms with E-state index in [9.17, 15) is 4.79 Å². The van der Waals surface area contributed by atoms with Crippen LogP contribution in [0.2, 0.25) is 0 Å². The number of nitrogens with one attached hydrogen (secondary N) is 1. The van der Waals surface area contributed by atoms with Crippen molar-refractivity contribution in [1.29, 1.82) is 0 Å². The number of amides is 1. The highest BCUT2D eigenvalue weighted by Crippen LogP contribution is 2.32. The van der Waals surface area contributed by atoms with Crippen LogP contribution in [0.1, 0.15) is 45.4 Å². The molecule has 18 heavy (non-hydrogen) atoms. The second-order valence-corrected chi connectivity index (χ2v) is 5.94. The number of carbonyl (C=O) groups excluding carboxylic acids is 1. The van der Waals surface area contributed by atoms with Crippen molar-refractivity contribution in [2.24, 2.45) is 0 Å². The predicted octanol–water partition coefficient (Wildman–Crippen LogP) is 1.17. The first kappa shape index (κ1) is 12.4. The second-order valence-electron chi connectivity index (χ2n) is 5.94. The summed E-state index contributed by atoms with van der Waals surface area (Å²) in [7, 11) is 0. The summed E-state index contributed by atoms with van der Waals surface area (Å²) in [6.07, 6.45) is 7.68. The third-order valence-electron chi connectivity index (χ3n) is 4.85. The lowest BCUT2D eigenvalue weighted by Crippen LogP contribution is -2.51. The molecule has 102 valence electrons. The van der Waals surface area contributed by atoms with Crippen LogP contribution in [0.3, 0.4) is 0 Å². The van der Waals surface area contributed by atoms with Crippen molar-refractivity contribution in [3.8, 4) is 0 Å². The fourth-order valence-electron chi connectivity index (χ4n) is 4.04. The molecule has 3 aliphatic rings. The summed E-state index contributed by atoms with van der Waals surface area (Å²) in [5, 5.41) is 3.39. The number of hydrogen-bond donors (Lipinski definition) is 1. The fourth-order valence-corrected chi connectivity index (χ4v) is 4.04. The summed E-state index contributed by atoms with van der Waals surface area (Å²) >= 11 is 0. The predicted molar refractivity (Wildman–Crippen MR) is 71.2 cm³/mol. The molecule has 3 unspecified atom stereocenters. The minimum atomic E-state index is 0.300. The van der Waals surface area contributed by atoms with Crippen molar-refractivity contribution in [3.63, 3.8) is 0 Å². The molecule has 0 aliphatic carbocycles. The first-order valence-electron chi connectivity index (χ1n) is 7.60. The maximum atomic E-state index is 12.2. The molecule has 0 aromatic rings. The number of piperidine rings is 1. The zero-order valence-electron chi connectivity index (χ0n) is 11.4. The average Bonchev–Trinajstić information content (AvgIpc) is 2.94. The molecule has 1 N–H and O–H groups in total. The smallest absolute Gasteiger partial charge is 0.238 e. The van der Waals surface area contributed by atoms with Gasteiger partial charge in [-0.2, -0.15) is 0 Å². The second kappa shape index (κ2) is 5.17. The summed E-state index contributed by atoms with van der Waals surface area (Å²) in [5.74, 6) is 0.325. The van der Waals surface area contributed by atoms with Gasteiger partial charge in [0.05, 0.1) is 18.8 Å². The molecule has 0 aromatic carbocycles. The highest BCUT2D eigenvalue weighted by Gasteiger charge is 2.44. The van der Waals surface area contributed by atoms with Gasteiger partial charge in [-0.3, -0.25) is 15.0 Å². The van der Waals surface area contributed by atoms with Gasteiger partial charge in [0.2, 0.25) is 5.91 Å². The maximum Gasteiger partial charge on any atom is 0.238 e. The fraction of sp³-hybridized carbons (Fsp3) is 0.929. The highest BCUT2D eigenvalue weighted by molar-refractivity contribution is 5.81. The standard InChI is InChI=1S/C14H25N3O/c1-2-5-13-15-10-14(18)17(13)12-7-9-16-8-4-3-6-11(12)16/h11-13,15H,2-10H2,1H3. The Balaban J connectivity index is 1.74. The lowest BCUT2D eigenvalue weighted by atomic mass is 9.97.